The molecule has 0 fully saturated rings. The van der Waals surface area contributed by atoms with Crippen molar-refractivity contribution in [3.63, 3.8) is 0 Å². The molecule has 0 bridgehead atoms. The van der Waals surface area contributed by atoms with Crippen LogP contribution in [0.5, 0.6) is 5.75 Å². The van der Waals surface area contributed by atoms with Crippen LogP contribution in [0, 0.1) is 19.3 Å². The zero-order valence-corrected chi connectivity index (χ0v) is 21.8. The zero-order valence-electron chi connectivity index (χ0n) is 21.0. The molecule has 0 aromatic heterocycles. The minimum absolute atomic E-state index is 0. The molecule has 31 heavy (non-hydrogen) atoms. The highest BCUT2D eigenvalue weighted by atomic mass is 35.5. The van der Waals surface area contributed by atoms with E-state index in [0.29, 0.717) is 13.2 Å². The second-order valence-electron chi connectivity index (χ2n) is 10.3. The van der Waals surface area contributed by atoms with E-state index in [9.17, 15) is 0 Å². The van der Waals surface area contributed by atoms with Crippen LogP contribution in [-0.2, 0) is 16.8 Å². The molecule has 2 aromatic rings. The van der Waals surface area contributed by atoms with E-state index < -0.39 is 0 Å². The van der Waals surface area contributed by atoms with E-state index in [1.807, 2.05) is 6.92 Å². The van der Waals surface area contributed by atoms with Crippen molar-refractivity contribution in [2.24, 2.45) is 5.41 Å². The number of hydrogen-bond acceptors (Lipinski definition) is 2. The molecule has 0 spiro atoms. The fourth-order valence-electron chi connectivity index (χ4n) is 4.44. The number of benzene rings is 2. The average Bonchev–Trinajstić information content (AvgIpc) is 2.64. The summed E-state index contributed by atoms with van der Waals surface area (Å²) in [6.07, 6.45) is 1.13. The van der Waals surface area contributed by atoms with Crippen LogP contribution in [0.15, 0.2) is 42.5 Å². The quantitative estimate of drug-likeness (QED) is 0.421. The maximum absolute atomic E-state index is 6.47. The van der Waals surface area contributed by atoms with E-state index in [0.717, 1.165) is 18.7 Å². The summed E-state index contributed by atoms with van der Waals surface area (Å²) in [5, 5.41) is 0. The largest absolute Gasteiger partial charge is 1.00 e. The highest BCUT2D eigenvalue weighted by Crippen LogP contribution is 2.37. The molecule has 2 rings (SSSR count). The Kier molecular flexibility index (Phi) is 9.62. The highest BCUT2D eigenvalue weighted by Gasteiger charge is 2.33. The minimum atomic E-state index is 0. The molecular weight excluding hydrogens is 406 g/mol. The van der Waals surface area contributed by atoms with Crippen molar-refractivity contribution in [1.82, 2.24) is 0 Å². The first-order chi connectivity index (χ1) is 13.9. The third-order valence-electron chi connectivity index (χ3n) is 5.85. The minimum Gasteiger partial charge on any atom is -1.00 e. The topological polar surface area (TPSA) is 18.5 Å². The van der Waals surface area contributed by atoms with E-state index in [4.69, 9.17) is 9.68 Å². The molecule has 174 valence electrons. The molecule has 0 heterocycles. The van der Waals surface area contributed by atoms with Crippen molar-refractivity contribution in [1.29, 1.82) is 0 Å². The number of quaternary nitrogens is 1. The lowest BCUT2D eigenvalue weighted by molar-refractivity contribution is -1.23. The van der Waals surface area contributed by atoms with Gasteiger partial charge in [0.05, 0.1) is 0 Å². The molecule has 3 nitrogen and oxygen atoms in total. The lowest BCUT2D eigenvalue weighted by atomic mass is 9.72. The van der Waals surface area contributed by atoms with Gasteiger partial charge in [-0.3, -0.25) is 4.84 Å². The van der Waals surface area contributed by atoms with Crippen LogP contribution in [0.4, 0.5) is 0 Å². The molecule has 4 heteroatoms. The molecule has 0 aliphatic rings. The van der Waals surface area contributed by atoms with Crippen molar-refractivity contribution in [3.8, 4) is 5.75 Å². The van der Waals surface area contributed by atoms with E-state index in [2.05, 4.69) is 97.9 Å². The third-order valence-corrected chi connectivity index (χ3v) is 5.85. The van der Waals surface area contributed by atoms with Gasteiger partial charge in [0.15, 0.2) is 12.3 Å². The van der Waals surface area contributed by atoms with Gasteiger partial charge in [-0.1, -0.05) is 65.0 Å². The second-order valence-corrected chi connectivity index (χ2v) is 10.3. The molecule has 1 atom stereocenters. The summed E-state index contributed by atoms with van der Waals surface area (Å²) in [7, 11) is 0. The van der Waals surface area contributed by atoms with Gasteiger partial charge in [0, 0.05) is 10.4 Å². The van der Waals surface area contributed by atoms with Gasteiger partial charge in [0.2, 0.25) is 0 Å². The Hall–Kier alpha value is -1.55. The Morgan fingerprint density at radius 2 is 1.48 bits per heavy atom. The number of halogens is 1. The molecule has 0 aliphatic heterocycles. The molecule has 1 unspecified atom stereocenters. The Bertz CT molecular complexity index is 824. The summed E-state index contributed by atoms with van der Waals surface area (Å²) in [5.41, 5.74) is 5.60. The summed E-state index contributed by atoms with van der Waals surface area (Å²) < 4.78 is 0. The van der Waals surface area contributed by atoms with Crippen molar-refractivity contribution in [2.75, 3.05) is 13.2 Å². The first-order valence-corrected chi connectivity index (χ1v) is 11.3. The molecular formula is C27H42ClNO2. The van der Waals surface area contributed by atoms with Crippen LogP contribution in [0.25, 0.3) is 0 Å². The van der Waals surface area contributed by atoms with E-state index >= 15 is 0 Å². The number of hydrogen-bond donors (Lipinski definition) is 0. The summed E-state index contributed by atoms with van der Waals surface area (Å²) >= 11 is 0. The normalized spacial score (nSPS) is 14.0. The Morgan fingerprint density at radius 3 is 2.00 bits per heavy atom. The third kappa shape index (κ3) is 7.52. The maximum Gasteiger partial charge on any atom is 0.194 e. The zero-order chi connectivity index (χ0) is 22.6. The van der Waals surface area contributed by atoms with Gasteiger partial charge < -0.3 is 12.4 Å². The Labute approximate surface area is 196 Å². The SMILES string of the molecule is CCO[N+](CC)(Cc1cccc(C)c1C)Oc1ccc(C(C)(C)CC(C)(C)C)cc1.[Cl-]. The number of rotatable bonds is 9. The maximum atomic E-state index is 6.47. The highest BCUT2D eigenvalue weighted by molar-refractivity contribution is 5.33. The van der Waals surface area contributed by atoms with Crippen LogP contribution < -0.4 is 17.2 Å². The van der Waals surface area contributed by atoms with E-state index in [-0.39, 0.29) is 28.0 Å². The van der Waals surface area contributed by atoms with Crippen LogP contribution in [0.3, 0.4) is 0 Å². The van der Waals surface area contributed by atoms with Crippen molar-refractivity contribution in [2.45, 2.75) is 80.7 Å². The summed E-state index contributed by atoms with van der Waals surface area (Å²) in [4.78, 5) is 12.8. The first-order valence-electron chi connectivity index (χ1n) is 11.3. The summed E-state index contributed by atoms with van der Waals surface area (Å²) in [6, 6.07) is 15.0. The van der Waals surface area contributed by atoms with Crippen LogP contribution in [0.1, 0.15) is 77.1 Å². The van der Waals surface area contributed by atoms with Gasteiger partial charge in [0.25, 0.3) is 0 Å². The van der Waals surface area contributed by atoms with Gasteiger partial charge in [0.1, 0.15) is 13.2 Å². The van der Waals surface area contributed by atoms with Crippen LogP contribution in [-0.4, -0.2) is 18.0 Å². The number of hydroxylamine groups is 4. The Morgan fingerprint density at radius 1 is 0.871 bits per heavy atom. The molecule has 0 amide bonds. The smallest absolute Gasteiger partial charge is 0.194 e. The fraction of sp³-hybridized carbons (Fsp3) is 0.556. The summed E-state index contributed by atoms with van der Waals surface area (Å²) in [6.45, 7) is 22.0. The van der Waals surface area contributed by atoms with Gasteiger partial charge >= 0.3 is 0 Å². The van der Waals surface area contributed by atoms with Gasteiger partial charge in [-0.15, -0.1) is 0 Å². The number of aryl methyl sites for hydroxylation is 1. The van der Waals surface area contributed by atoms with E-state index in [1.165, 1.54) is 22.3 Å². The van der Waals surface area contributed by atoms with Gasteiger partial charge in [-0.05, 0) is 73.8 Å². The van der Waals surface area contributed by atoms with Crippen LogP contribution >= 0.6 is 0 Å². The molecule has 0 N–H and O–H groups in total. The molecule has 0 saturated carbocycles. The van der Waals surface area contributed by atoms with Crippen molar-refractivity contribution < 1.29 is 26.9 Å². The average molecular weight is 448 g/mol. The fourth-order valence-corrected chi connectivity index (χ4v) is 4.44. The number of nitrogens with zero attached hydrogens (tertiary/aromatic N) is 1. The van der Waals surface area contributed by atoms with Crippen molar-refractivity contribution in [3.05, 3.63) is 64.7 Å². The monoisotopic (exact) mass is 447 g/mol. The standard InChI is InChI=1S/C27H42NO2.ClH/c1-10-28(29-11-2,19-23-14-12-13-21(3)22(23)4)30-25-17-15-24(16-18-25)27(8,9)20-26(5,6)7;/h12-18H,10-11,19-20H2,1-9H3;1H/q+1;/p-1. The second kappa shape index (κ2) is 10.8. The predicted octanol–water partition coefficient (Wildman–Crippen LogP) is 4.30. The molecule has 0 saturated heterocycles. The predicted molar refractivity (Wildman–Crippen MR) is 126 cm³/mol. The first kappa shape index (κ1) is 27.5. The lowest BCUT2D eigenvalue weighted by Gasteiger charge is -2.34. The van der Waals surface area contributed by atoms with Gasteiger partial charge in [-0.25, -0.2) is 0 Å². The van der Waals surface area contributed by atoms with Gasteiger partial charge in [-0.2, -0.15) is 4.84 Å². The van der Waals surface area contributed by atoms with Crippen molar-refractivity contribution >= 4 is 0 Å². The summed E-state index contributed by atoms with van der Waals surface area (Å²) in [5.74, 6) is 0.839. The molecule has 2 aromatic carbocycles. The molecule has 0 aliphatic carbocycles. The Balaban J connectivity index is 0.00000480. The van der Waals surface area contributed by atoms with Crippen LogP contribution in [0.2, 0.25) is 0 Å². The lowest BCUT2D eigenvalue weighted by Crippen LogP contribution is -3.00. The molecule has 0 radical (unpaired) electrons. The van der Waals surface area contributed by atoms with E-state index in [1.54, 1.807) is 0 Å².